The Morgan fingerprint density at radius 2 is 1.81 bits per heavy atom. The first-order valence-electron chi connectivity index (χ1n) is 8.16. The first-order valence-corrected chi connectivity index (χ1v) is 9.60. The Hall–Kier alpha value is -2.33. The van der Waals surface area contributed by atoms with Crippen molar-refractivity contribution in [3.8, 4) is 18.1 Å². The van der Waals surface area contributed by atoms with Crippen LogP contribution in [-0.2, 0) is 10.0 Å². The summed E-state index contributed by atoms with van der Waals surface area (Å²) >= 11 is 0. The molecule has 2 rings (SSSR count). The maximum absolute atomic E-state index is 13.1. The van der Waals surface area contributed by atoms with E-state index in [1.807, 2.05) is 6.92 Å². The van der Waals surface area contributed by atoms with Crippen LogP contribution in [0.4, 0.5) is 0 Å². The van der Waals surface area contributed by atoms with Crippen molar-refractivity contribution in [3.63, 3.8) is 0 Å². The van der Waals surface area contributed by atoms with Gasteiger partial charge >= 0.3 is 0 Å². The van der Waals surface area contributed by atoms with Crippen molar-refractivity contribution in [2.75, 3.05) is 13.7 Å². The fourth-order valence-corrected chi connectivity index (χ4v) is 4.26. The number of nitrogens with zero attached hydrogens (tertiary/aromatic N) is 1. The normalized spacial score (nSPS) is 13.8. The quantitative estimate of drug-likeness (QED) is 0.758. The second-order valence-corrected chi connectivity index (χ2v) is 7.89. The van der Waals surface area contributed by atoms with Gasteiger partial charge in [0.15, 0.2) is 0 Å². The molecule has 0 bridgehead atoms. The van der Waals surface area contributed by atoms with Crippen molar-refractivity contribution in [3.05, 3.63) is 59.7 Å². The standard InChI is InChI=1S/C20H23NO4S/c1-5-14-21(26(23,24)17-12-10-15(2)11-13-17)16(3)20(22)18-8-6-7-9-19(18)25-4/h1,6-13,16,20,22H,14H2,2-4H3/t16-,20-/m0/s1. The van der Waals surface area contributed by atoms with Crippen LogP contribution in [0.25, 0.3) is 0 Å². The molecule has 5 nitrogen and oxygen atoms in total. The van der Waals surface area contributed by atoms with Gasteiger partial charge in [-0.2, -0.15) is 4.31 Å². The first-order chi connectivity index (χ1) is 12.3. The monoisotopic (exact) mass is 373 g/mol. The van der Waals surface area contributed by atoms with Gasteiger partial charge in [-0.05, 0) is 32.0 Å². The summed E-state index contributed by atoms with van der Waals surface area (Å²) in [6.07, 6.45) is 4.30. The summed E-state index contributed by atoms with van der Waals surface area (Å²) < 4.78 is 32.5. The molecule has 0 aromatic heterocycles. The molecule has 2 atom stereocenters. The van der Waals surface area contributed by atoms with Gasteiger partial charge in [0.05, 0.1) is 30.7 Å². The van der Waals surface area contributed by atoms with Crippen LogP contribution < -0.4 is 4.74 Å². The summed E-state index contributed by atoms with van der Waals surface area (Å²) in [6.45, 7) is 3.35. The Bertz CT molecular complexity index is 885. The highest BCUT2D eigenvalue weighted by Gasteiger charge is 2.34. The smallest absolute Gasteiger partial charge is 0.244 e. The zero-order valence-corrected chi connectivity index (χ0v) is 15.9. The van der Waals surface area contributed by atoms with Gasteiger partial charge in [-0.1, -0.05) is 41.8 Å². The average Bonchev–Trinajstić information content (AvgIpc) is 2.65. The molecule has 0 radical (unpaired) electrons. The van der Waals surface area contributed by atoms with Gasteiger partial charge < -0.3 is 9.84 Å². The largest absolute Gasteiger partial charge is 0.496 e. The average molecular weight is 373 g/mol. The molecule has 138 valence electrons. The molecule has 0 heterocycles. The SMILES string of the molecule is C#CCN([C@@H](C)[C@H](O)c1ccccc1OC)S(=O)(=O)c1ccc(C)cc1. The van der Waals surface area contributed by atoms with Crippen LogP contribution in [0.15, 0.2) is 53.4 Å². The van der Waals surface area contributed by atoms with E-state index in [0.29, 0.717) is 11.3 Å². The molecule has 0 saturated carbocycles. The van der Waals surface area contributed by atoms with E-state index in [9.17, 15) is 13.5 Å². The van der Waals surface area contributed by atoms with Crippen molar-refractivity contribution in [2.45, 2.75) is 30.9 Å². The summed E-state index contributed by atoms with van der Waals surface area (Å²) in [7, 11) is -2.36. The van der Waals surface area contributed by atoms with Crippen LogP contribution in [-0.4, -0.2) is 37.5 Å². The second kappa shape index (κ2) is 8.37. The van der Waals surface area contributed by atoms with Crippen molar-refractivity contribution >= 4 is 10.0 Å². The molecule has 6 heteroatoms. The predicted molar refractivity (Wildman–Crippen MR) is 101 cm³/mol. The number of hydrogen-bond donors (Lipinski definition) is 1. The van der Waals surface area contributed by atoms with Gasteiger partial charge in [-0.25, -0.2) is 8.42 Å². The molecule has 0 unspecified atom stereocenters. The number of ether oxygens (including phenoxy) is 1. The predicted octanol–water partition coefficient (Wildman–Crippen LogP) is 2.75. The number of methoxy groups -OCH3 is 1. The van der Waals surface area contributed by atoms with Gasteiger partial charge in [0.1, 0.15) is 5.75 Å². The summed E-state index contributed by atoms with van der Waals surface area (Å²) in [4.78, 5) is 0.137. The van der Waals surface area contributed by atoms with Crippen LogP contribution in [0, 0.1) is 19.3 Å². The summed E-state index contributed by atoms with van der Waals surface area (Å²) in [5.41, 5.74) is 1.46. The molecule has 0 aliphatic heterocycles. The van der Waals surface area contributed by atoms with Crippen LogP contribution in [0.3, 0.4) is 0 Å². The Balaban J connectivity index is 2.42. The number of hydrogen-bond acceptors (Lipinski definition) is 4. The highest BCUT2D eigenvalue weighted by Crippen LogP contribution is 2.31. The number of benzene rings is 2. The number of aliphatic hydroxyl groups is 1. The van der Waals surface area contributed by atoms with E-state index < -0.39 is 22.2 Å². The van der Waals surface area contributed by atoms with E-state index in [0.717, 1.165) is 9.87 Å². The minimum atomic E-state index is -3.86. The van der Waals surface area contributed by atoms with Crippen LogP contribution >= 0.6 is 0 Å². The van der Waals surface area contributed by atoms with E-state index in [4.69, 9.17) is 11.2 Å². The highest BCUT2D eigenvalue weighted by molar-refractivity contribution is 7.89. The van der Waals surface area contributed by atoms with Gasteiger partial charge in [0.2, 0.25) is 10.0 Å². The van der Waals surface area contributed by atoms with Crippen molar-refractivity contribution < 1.29 is 18.3 Å². The van der Waals surface area contributed by atoms with Crippen molar-refractivity contribution in [1.82, 2.24) is 4.31 Å². The maximum atomic E-state index is 13.1. The third-order valence-electron chi connectivity index (χ3n) is 4.24. The molecular formula is C20H23NO4S. The lowest BCUT2D eigenvalue weighted by Gasteiger charge is -2.31. The molecule has 0 spiro atoms. The van der Waals surface area contributed by atoms with Crippen molar-refractivity contribution in [1.29, 1.82) is 0 Å². The van der Waals surface area contributed by atoms with Crippen LogP contribution in [0.5, 0.6) is 5.75 Å². The lowest BCUT2D eigenvalue weighted by Crippen LogP contribution is -2.42. The third-order valence-corrected chi connectivity index (χ3v) is 6.19. The molecule has 0 fully saturated rings. The van der Waals surface area contributed by atoms with Gasteiger partial charge in [-0.15, -0.1) is 6.42 Å². The maximum Gasteiger partial charge on any atom is 0.244 e. The molecule has 26 heavy (non-hydrogen) atoms. The topological polar surface area (TPSA) is 66.8 Å². The van der Waals surface area contributed by atoms with E-state index in [1.54, 1.807) is 43.3 Å². The molecule has 0 aliphatic carbocycles. The number of terminal acetylenes is 1. The third kappa shape index (κ3) is 4.07. The second-order valence-electron chi connectivity index (χ2n) is 5.99. The summed E-state index contributed by atoms with van der Waals surface area (Å²) in [6, 6.07) is 12.7. The van der Waals surface area contributed by atoms with E-state index >= 15 is 0 Å². The highest BCUT2D eigenvalue weighted by atomic mass is 32.2. The molecule has 0 saturated heterocycles. The molecule has 2 aromatic rings. The summed E-state index contributed by atoms with van der Waals surface area (Å²) in [5.74, 6) is 2.86. The number of sulfonamides is 1. The van der Waals surface area contributed by atoms with E-state index in [1.165, 1.54) is 19.2 Å². The number of aliphatic hydroxyl groups excluding tert-OH is 1. The fraction of sp³-hybridized carbons (Fsp3) is 0.300. The molecule has 0 amide bonds. The Labute approximate surface area is 155 Å². The van der Waals surface area contributed by atoms with Crippen LogP contribution in [0.2, 0.25) is 0 Å². The number of aryl methyl sites for hydroxylation is 1. The molecular weight excluding hydrogens is 350 g/mol. The number of rotatable bonds is 7. The van der Waals surface area contributed by atoms with Crippen molar-refractivity contribution in [2.24, 2.45) is 0 Å². The zero-order valence-electron chi connectivity index (χ0n) is 15.1. The van der Waals surface area contributed by atoms with Gasteiger partial charge in [0, 0.05) is 5.56 Å². The summed E-state index contributed by atoms with van der Waals surface area (Å²) in [5, 5.41) is 10.8. The number of para-hydroxylation sites is 1. The molecule has 0 aliphatic rings. The molecule has 2 aromatic carbocycles. The zero-order chi connectivity index (χ0) is 19.3. The fourth-order valence-electron chi connectivity index (χ4n) is 2.71. The van der Waals surface area contributed by atoms with Gasteiger partial charge in [0.25, 0.3) is 0 Å². The van der Waals surface area contributed by atoms with E-state index in [2.05, 4.69) is 5.92 Å². The minimum Gasteiger partial charge on any atom is -0.496 e. The van der Waals surface area contributed by atoms with Crippen LogP contribution in [0.1, 0.15) is 24.2 Å². The Morgan fingerprint density at radius 3 is 2.38 bits per heavy atom. The molecule has 1 N–H and O–H groups in total. The minimum absolute atomic E-state index is 0.137. The lowest BCUT2D eigenvalue weighted by molar-refractivity contribution is 0.101. The Morgan fingerprint density at radius 1 is 1.19 bits per heavy atom. The lowest BCUT2D eigenvalue weighted by atomic mass is 10.0. The van der Waals surface area contributed by atoms with E-state index in [-0.39, 0.29) is 11.4 Å². The Kier molecular flexibility index (Phi) is 6.43. The van der Waals surface area contributed by atoms with Gasteiger partial charge in [-0.3, -0.25) is 0 Å². The first kappa shape index (κ1) is 20.0.